The molecular weight excluding hydrogens is 314 g/mol. The quantitative estimate of drug-likeness (QED) is 0.754. The van der Waals surface area contributed by atoms with Gasteiger partial charge in [-0.25, -0.2) is 31.9 Å². The normalized spacial score (nSPS) is 11.8. The van der Waals surface area contributed by atoms with Crippen LogP contribution in [0.4, 0.5) is 14.6 Å². The summed E-state index contributed by atoms with van der Waals surface area (Å²) in [6, 6.07) is 2.04. The van der Waals surface area contributed by atoms with Crippen LogP contribution >= 0.6 is 0 Å². The fourth-order valence-corrected chi connectivity index (χ4v) is 2.48. The molecule has 2 N–H and O–H groups in total. The zero-order valence-corrected chi connectivity index (χ0v) is 12.8. The van der Waals surface area contributed by atoms with E-state index in [1.54, 1.807) is 6.92 Å². The molecule has 0 unspecified atom stereocenters. The minimum Gasteiger partial charge on any atom is -0.369 e. The van der Waals surface area contributed by atoms with Crippen LogP contribution in [0.1, 0.15) is 13.3 Å². The van der Waals surface area contributed by atoms with Crippen LogP contribution in [0.5, 0.6) is 0 Å². The topological polar surface area (TPSA) is 84.0 Å². The van der Waals surface area contributed by atoms with Crippen LogP contribution in [0.3, 0.4) is 0 Å². The largest absolute Gasteiger partial charge is 0.369 e. The number of anilines is 1. The highest BCUT2D eigenvalue weighted by Crippen LogP contribution is 2.21. The second kappa shape index (κ2) is 6.93. The first kappa shape index (κ1) is 16.5. The van der Waals surface area contributed by atoms with Crippen molar-refractivity contribution in [1.29, 1.82) is 0 Å². The lowest BCUT2D eigenvalue weighted by molar-refractivity contribution is 0.510. The van der Waals surface area contributed by atoms with E-state index in [0.29, 0.717) is 29.7 Å². The summed E-state index contributed by atoms with van der Waals surface area (Å²) in [6.07, 6.45) is 1.77. The molecule has 0 bridgehead atoms. The van der Waals surface area contributed by atoms with Crippen LogP contribution in [0.2, 0.25) is 0 Å². The Bertz CT molecular complexity index is 768. The van der Waals surface area contributed by atoms with Gasteiger partial charge in [-0.15, -0.1) is 0 Å². The lowest BCUT2D eigenvalue weighted by atomic mass is 10.2. The summed E-state index contributed by atoms with van der Waals surface area (Å²) >= 11 is 0. The van der Waals surface area contributed by atoms with Gasteiger partial charge in [0.1, 0.15) is 12.1 Å². The smallest absolute Gasteiger partial charge is 0.211 e. The third-order valence-corrected chi connectivity index (χ3v) is 4.43. The highest BCUT2D eigenvalue weighted by molar-refractivity contribution is 7.89. The molecule has 120 valence electrons. The zero-order chi connectivity index (χ0) is 16.2. The molecule has 0 fully saturated rings. The Morgan fingerprint density at radius 1 is 1.14 bits per heavy atom. The molecule has 6 nitrogen and oxygen atoms in total. The van der Waals surface area contributed by atoms with Gasteiger partial charge in [0.15, 0.2) is 11.6 Å². The first-order valence-electron chi connectivity index (χ1n) is 6.74. The van der Waals surface area contributed by atoms with Crippen molar-refractivity contribution in [2.75, 3.05) is 24.2 Å². The van der Waals surface area contributed by atoms with Crippen molar-refractivity contribution < 1.29 is 17.2 Å². The Hall–Kier alpha value is -1.87. The minimum absolute atomic E-state index is 0.0296. The maximum absolute atomic E-state index is 13.3. The molecule has 0 aliphatic carbocycles. The standard InChI is InChI=1S/C13H16F2N4O2S/c1-2-22(20,21)19-5-3-4-16-13-9-6-10(14)11(15)7-12(9)17-8-18-13/h6-8,19H,2-5H2,1H3,(H,16,17,18). The molecule has 22 heavy (non-hydrogen) atoms. The fourth-order valence-electron chi connectivity index (χ4n) is 1.82. The highest BCUT2D eigenvalue weighted by atomic mass is 32.2. The summed E-state index contributed by atoms with van der Waals surface area (Å²) in [7, 11) is -3.20. The SMILES string of the molecule is CCS(=O)(=O)NCCCNc1ncnc2cc(F)c(F)cc12. The van der Waals surface area contributed by atoms with Crippen molar-refractivity contribution in [3.63, 3.8) is 0 Å². The third-order valence-electron chi connectivity index (χ3n) is 3.03. The average molecular weight is 330 g/mol. The number of halogens is 2. The number of hydrogen-bond acceptors (Lipinski definition) is 5. The van der Waals surface area contributed by atoms with E-state index in [9.17, 15) is 17.2 Å². The van der Waals surface area contributed by atoms with Crippen molar-refractivity contribution in [3.05, 3.63) is 30.1 Å². The molecule has 2 aromatic rings. The number of aromatic nitrogens is 2. The predicted molar refractivity (Wildman–Crippen MR) is 80.0 cm³/mol. The van der Waals surface area contributed by atoms with Crippen LogP contribution in [0, 0.1) is 11.6 Å². The molecule has 1 heterocycles. The molecule has 0 saturated heterocycles. The van der Waals surface area contributed by atoms with Gasteiger partial charge in [-0.05, 0) is 19.4 Å². The van der Waals surface area contributed by atoms with Gasteiger partial charge >= 0.3 is 0 Å². The molecule has 0 spiro atoms. The van der Waals surface area contributed by atoms with E-state index in [4.69, 9.17) is 0 Å². The monoisotopic (exact) mass is 330 g/mol. The Labute approximate surface area is 127 Å². The molecular formula is C13H16F2N4O2S. The lowest BCUT2D eigenvalue weighted by Crippen LogP contribution is -2.27. The Kier molecular flexibility index (Phi) is 5.19. The van der Waals surface area contributed by atoms with Gasteiger partial charge in [-0.1, -0.05) is 0 Å². The maximum Gasteiger partial charge on any atom is 0.211 e. The van der Waals surface area contributed by atoms with Gasteiger partial charge in [-0.2, -0.15) is 0 Å². The fraction of sp³-hybridized carbons (Fsp3) is 0.385. The van der Waals surface area contributed by atoms with E-state index in [1.807, 2.05) is 0 Å². The summed E-state index contributed by atoms with van der Waals surface area (Å²) in [6.45, 7) is 2.27. The van der Waals surface area contributed by atoms with Crippen molar-refractivity contribution in [2.45, 2.75) is 13.3 Å². The molecule has 2 rings (SSSR count). The second-order valence-electron chi connectivity index (χ2n) is 4.58. The molecule has 0 radical (unpaired) electrons. The van der Waals surface area contributed by atoms with E-state index in [0.717, 1.165) is 12.1 Å². The number of hydrogen-bond donors (Lipinski definition) is 2. The highest BCUT2D eigenvalue weighted by Gasteiger charge is 2.09. The van der Waals surface area contributed by atoms with E-state index in [1.165, 1.54) is 6.33 Å². The number of fused-ring (bicyclic) bond motifs is 1. The van der Waals surface area contributed by atoms with Gasteiger partial charge in [0, 0.05) is 24.5 Å². The average Bonchev–Trinajstić information content (AvgIpc) is 2.48. The molecule has 0 amide bonds. The molecule has 0 aliphatic heterocycles. The lowest BCUT2D eigenvalue weighted by Gasteiger charge is -2.09. The predicted octanol–water partition coefficient (Wildman–Crippen LogP) is 1.65. The number of sulfonamides is 1. The minimum atomic E-state index is -3.20. The molecule has 0 aliphatic rings. The van der Waals surface area contributed by atoms with Gasteiger partial charge in [-0.3, -0.25) is 0 Å². The van der Waals surface area contributed by atoms with Crippen LogP contribution in [0.25, 0.3) is 10.9 Å². The Morgan fingerprint density at radius 2 is 1.86 bits per heavy atom. The Balaban J connectivity index is 1.99. The van der Waals surface area contributed by atoms with Gasteiger partial charge in [0.05, 0.1) is 11.3 Å². The summed E-state index contributed by atoms with van der Waals surface area (Å²) in [5.41, 5.74) is 0.295. The molecule has 1 aromatic carbocycles. The van der Waals surface area contributed by atoms with Gasteiger partial charge in [0.2, 0.25) is 10.0 Å². The molecule has 0 atom stereocenters. The summed E-state index contributed by atoms with van der Waals surface area (Å²) < 4.78 is 51.4. The van der Waals surface area contributed by atoms with Crippen molar-refractivity contribution >= 4 is 26.7 Å². The van der Waals surface area contributed by atoms with Crippen molar-refractivity contribution in [1.82, 2.24) is 14.7 Å². The number of nitrogens with one attached hydrogen (secondary N) is 2. The van der Waals surface area contributed by atoms with E-state index >= 15 is 0 Å². The van der Waals surface area contributed by atoms with Crippen molar-refractivity contribution in [3.8, 4) is 0 Å². The first-order valence-corrected chi connectivity index (χ1v) is 8.39. The molecule has 0 saturated carbocycles. The van der Waals surface area contributed by atoms with Gasteiger partial charge < -0.3 is 5.32 Å². The molecule has 9 heteroatoms. The maximum atomic E-state index is 13.3. The summed E-state index contributed by atoms with van der Waals surface area (Å²) in [5, 5.41) is 3.33. The van der Waals surface area contributed by atoms with Crippen LogP contribution in [-0.4, -0.2) is 37.2 Å². The van der Waals surface area contributed by atoms with Gasteiger partial charge in [0.25, 0.3) is 0 Å². The van der Waals surface area contributed by atoms with E-state index < -0.39 is 21.7 Å². The van der Waals surface area contributed by atoms with Crippen LogP contribution < -0.4 is 10.0 Å². The van der Waals surface area contributed by atoms with E-state index in [2.05, 4.69) is 20.0 Å². The number of nitrogens with zero attached hydrogens (tertiary/aromatic N) is 2. The third kappa shape index (κ3) is 4.08. The Morgan fingerprint density at radius 3 is 2.59 bits per heavy atom. The summed E-state index contributed by atoms with van der Waals surface area (Å²) in [5.74, 6) is -1.53. The first-order chi connectivity index (χ1) is 10.4. The van der Waals surface area contributed by atoms with Crippen LogP contribution in [-0.2, 0) is 10.0 Å². The number of benzene rings is 1. The summed E-state index contributed by atoms with van der Waals surface area (Å²) in [4.78, 5) is 7.87. The second-order valence-corrected chi connectivity index (χ2v) is 6.68. The molecule has 1 aromatic heterocycles. The zero-order valence-electron chi connectivity index (χ0n) is 11.9. The number of rotatable bonds is 7. The van der Waals surface area contributed by atoms with E-state index in [-0.39, 0.29) is 12.3 Å². The van der Waals surface area contributed by atoms with Crippen molar-refractivity contribution in [2.24, 2.45) is 0 Å². The van der Waals surface area contributed by atoms with Crippen LogP contribution in [0.15, 0.2) is 18.5 Å².